The van der Waals surface area contributed by atoms with Gasteiger partial charge in [0.05, 0.1) is 23.6 Å². The second kappa shape index (κ2) is 6.99. The van der Waals surface area contributed by atoms with Gasteiger partial charge in [-0.3, -0.25) is 4.79 Å². The van der Waals surface area contributed by atoms with Crippen LogP contribution in [-0.4, -0.2) is 43.3 Å². The van der Waals surface area contributed by atoms with Gasteiger partial charge in [-0.15, -0.1) is 0 Å². The van der Waals surface area contributed by atoms with Crippen LogP contribution < -0.4 is 10.0 Å². The minimum absolute atomic E-state index is 0.0173. The van der Waals surface area contributed by atoms with Crippen molar-refractivity contribution in [1.29, 1.82) is 0 Å². The van der Waals surface area contributed by atoms with Crippen molar-refractivity contribution in [3.63, 3.8) is 0 Å². The molecule has 0 aliphatic rings. The lowest BCUT2D eigenvalue weighted by molar-refractivity contribution is -0.114. The number of amides is 1. The minimum atomic E-state index is -3.88. The van der Waals surface area contributed by atoms with E-state index in [0.717, 1.165) is 0 Å². The first-order valence-corrected chi connectivity index (χ1v) is 7.90. The van der Waals surface area contributed by atoms with E-state index in [1.165, 1.54) is 31.2 Å². The van der Waals surface area contributed by atoms with Crippen LogP contribution in [0.4, 0.5) is 5.69 Å². The summed E-state index contributed by atoms with van der Waals surface area (Å²) in [5.74, 6) is -0.255. The van der Waals surface area contributed by atoms with Gasteiger partial charge in [0, 0.05) is 12.6 Å². The second-order valence-corrected chi connectivity index (χ2v) is 6.44. The van der Waals surface area contributed by atoms with Crippen LogP contribution in [0.25, 0.3) is 0 Å². The molecule has 1 aromatic rings. The summed E-state index contributed by atoms with van der Waals surface area (Å²) in [6.45, 7) is 1.99. The number of hydrogen-bond donors (Lipinski definition) is 4. The first kappa shape index (κ1) is 17.6. The third kappa shape index (κ3) is 4.50. The zero-order valence-corrected chi connectivity index (χ0v) is 12.8. The molecule has 0 aromatic heterocycles. The normalized spacial score (nSPS) is 12.2. The summed E-state index contributed by atoms with van der Waals surface area (Å²) in [5, 5.41) is 21.1. The molecule has 0 heterocycles. The number of carbonyl (C=O) groups is 1. The zero-order chi connectivity index (χ0) is 16.1. The Kier molecular flexibility index (Phi) is 5.85. The molecule has 0 aliphatic heterocycles. The van der Waals surface area contributed by atoms with E-state index in [1.54, 1.807) is 6.92 Å². The summed E-state index contributed by atoms with van der Waals surface area (Å²) >= 11 is 0. The topological polar surface area (TPSA) is 116 Å². The molecule has 8 heteroatoms. The third-order valence-electron chi connectivity index (χ3n) is 3.12. The van der Waals surface area contributed by atoms with Gasteiger partial charge in [-0.1, -0.05) is 6.92 Å². The lowest BCUT2D eigenvalue weighted by Crippen LogP contribution is -2.53. The highest BCUT2D eigenvalue weighted by molar-refractivity contribution is 7.89. The lowest BCUT2D eigenvalue weighted by Gasteiger charge is -2.29. The van der Waals surface area contributed by atoms with Gasteiger partial charge in [0.15, 0.2) is 0 Å². The monoisotopic (exact) mass is 316 g/mol. The van der Waals surface area contributed by atoms with Crippen LogP contribution in [-0.2, 0) is 14.8 Å². The number of sulfonamides is 1. The predicted molar refractivity (Wildman–Crippen MR) is 78.3 cm³/mol. The Morgan fingerprint density at radius 2 is 1.71 bits per heavy atom. The largest absolute Gasteiger partial charge is 0.394 e. The number of carbonyl (C=O) groups excluding carboxylic acids is 1. The summed E-state index contributed by atoms with van der Waals surface area (Å²) in [5.41, 5.74) is -0.817. The average Bonchev–Trinajstić information content (AvgIpc) is 2.45. The molecule has 0 spiro atoms. The summed E-state index contributed by atoms with van der Waals surface area (Å²) in [4.78, 5) is 10.9. The molecule has 0 saturated carbocycles. The highest BCUT2D eigenvalue weighted by atomic mass is 32.2. The molecule has 4 N–H and O–H groups in total. The average molecular weight is 316 g/mol. The van der Waals surface area contributed by atoms with Gasteiger partial charge in [-0.05, 0) is 30.7 Å². The number of nitrogens with one attached hydrogen (secondary N) is 2. The van der Waals surface area contributed by atoms with Crippen LogP contribution in [0.3, 0.4) is 0 Å². The van der Waals surface area contributed by atoms with Gasteiger partial charge in [-0.25, -0.2) is 13.1 Å². The van der Waals surface area contributed by atoms with Crippen molar-refractivity contribution in [2.75, 3.05) is 18.5 Å². The maximum absolute atomic E-state index is 12.2. The molecule has 21 heavy (non-hydrogen) atoms. The Labute approximate surface area is 124 Å². The number of rotatable bonds is 7. The van der Waals surface area contributed by atoms with Gasteiger partial charge >= 0.3 is 0 Å². The van der Waals surface area contributed by atoms with Crippen LogP contribution in [0.15, 0.2) is 29.2 Å². The van der Waals surface area contributed by atoms with Crippen molar-refractivity contribution in [1.82, 2.24) is 4.72 Å². The lowest BCUT2D eigenvalue weighted by atomic mass is 10.0. The van der Waals surface area contributed by atoms with Crippen LogP contribution in [0, 0.1) is 0 Å². The van der Waals surface area contributed by atoms with Crippen molar-refractivity contribution >= 4 is 21.6 Å². The second-order valence-electron chi connectivity index (χ2n) is 4.76. The van der Waals surface area contributed by atoms with Crippen molar-refractivity contribution in [3.8, 4) is 0 Å². The smallest absolute Gasteiger partial charge is 0.241 e. The fraction of sp³-hybridized carbons (Fsp3) is 0.462. The Hall–Kier alpha value is -1.48. The van der Waals surface area contributed by atoms with Crippen molar-refractivity contribution in [2.45, 2.75) is 30.7 Å². The number of hydrogen-bond acceptors (Lipinski definition) is 5. The molecule has 0 bridgehead atoms. The Balaban J connectivity index is 3.00. The molecule has 1 rings (SSSR count). The number of anilines is 1. The van der Waals surface area contributed by atoms with E-state index in [-0.39, 0.29) is 17.2 Å². The molecule has 0 unspecified atom stereocenters. The number of aliphatic hydroxyl groups excluding tert-OH is 2. The van der Waals surface area contributed by atoms with Gasteiger partial charge < -0.3 is 15.5 Å². The van der Waals surface area contributed by atoms with E-state index in [0.29, 0.717) is 5.69 Å². The first-order chi connectivity index (χ1) is 9.78. The van der Waals surface area contributed by atoms with Crippen LogP contribution in [0.5, 0.6) is 0 Å². The molecule has 0 fully saturated rings. The minimum Gasteiger partial charge on any atom is -0.394 e. The molecule has 7 nitrogen and oxygen atoms in total. The molecule has 0 saturated heterocycles. The van der Waals surface area contributed by atoms with Crippen LogP contribution >= 0.6 is 0 Å². The maximum Gasteiger partial charge on any atom is 0.241 e. The quantitative estimate of drug-likeness (QED) is 0.567. The highest BCUT2D eigenvalue weighted by Crippen LogP contribution is 2.18. The first-order valence-electron chi connectivity index (χ1n) is 6.42. The summed E-state index contributed by atoms with van der Waals surface area (Å²) in [6.07, 6.45) is 0.239. The van der Waals surface area contributed by atoms with Gasteiger partial charge in [0.25, 0.3) is 0 Å². The molecule has 1 amide bonds. The van der Waals surface area contributed by atoms with E-state index in [1.807, 2.05) is 0 Å². The predicted octanol–water partition coefficient (Wildman–Crippen LogP) is 0.0567. The summed E-state index contributed by atoms with van der Waals surface area (Å²) in [6, 6.07) is 5.59. The Morgan fingerprint density at radius 3 is 2.10 bits per heavy atom. The highest BCUT2D eigenvalue weighted by Gasteiger charge is 2.32. The van der Waals surface area contributed by atoms with Crippen LogP contribution in [0.2, 0.25) is 0 Å². The molecule has 118 valence electrons. The van der Waals surface area contributed by atoms with Crippen molar-refractivity contribution in [3.05, 3.63) is 24.3 Å². The summed E-state index contributed by atoms with van der Waals surface area (Å²) in [7, 11) is -3.88. The number of benzene rings is 1. The molecular weight excluding hydrogens is 296 g/mol. The molecular formula is C13H20N2O5S. The van der Waals surface area contributed by atoms with E-state index in [9.17, 15) is 23.4 Å². The Bertz CT molecular complexity index is 571. The van der Waals surface area contributed by atoms with Crippen molar-refractivity contribution < 1.29 is 23.4 Å². The molecule has 0 radical (unpaired) electrons. The van der Waals surface area contributed by atoms with E-state index in [2.05, 4.69) is 10.0 Å². The number of aliphatic hydroxyl groups is 2. The standard InChI is InChI=1S/C13H20N2O5S/c1-3-13(8-16,9-17)15-21(19,20)12-6-4-11(5-7-12)14-10(2)18/h4-7,15-17H,3,8-9H2,1-2H3,(H,14,18). The zero-order valence-electron chi connectivity index (χ0n) is 12.0. The SMILES string of the molecule is CCC(CO)(CO)NS(=O)(=O)c1ccc(NC(C)=O)cc1. The van der Waals surface area contributed by atoms with Gasteiger partial charge in [0.2, 0.25) is 15.9 Å². The molecule has 1 aromatic carbocycles. The van der Waals surface area contributed by atoms with E-state index >= 15 is 0 Å². The fourth-order valence-corrected chi connectivity index (χ4v) is 3.13. The summed E-state index contributed by atoms with van der Waals surface area (Å²) < 4.78 is 26.8. The molecule has 0 atom stereocenters. The van der Waals surface area contributed by atoms with Gasteiger partial charge in [0.1, 0.15) is 0 Å². The van der Waals surface area contributed by atoms with Crippen LogP contribution in [0.1, 0.15) is 20.3 Å². The maximum atomic E-state index is 12.2. The van der Waals surface area contributed by atoms with Gasteiger partial charge in [-0.2, -0.15) is 0 Å². The van der Waals surface area contributed by atoms with Crippen molar-refractivity contribution in [2.24, 2.45) is 0 Å². The van der Waals surface area contributed by atoms with E-state index in [4.69, 9.17) is 0 Å². The fourth-order valence-electron chi connectivity index (χ4n) is 1.67. The Morgan fingerprint density at radius 1 is 1.19 bits per heavy atom. The molecule has 0 aliphatic carbocycles. The third-order valence-corrected chi connectivity index (χ3v) is 4.71. The van der Waals surface area contributed by atoms with E-state index < -0.39 is 28.8 Å².